The number of aromatic nitrogens is 1. The van der Waals surface area contributed by atoms with Crippen LogP contribution in [0.2, 0.25) is 0 Å². The Bertz CT molecular complexity index is 1090. The minimum absolute atomic E-state index is 0.219. The summed E-state index contributed by atoms with van der Waals surface area (Å²) >= 11 is 0. The number of likely N-dealkylation sites (N-methyl/N-ethyl adjacent to an activating group) is 1. The van der Waals surface area contributed by atoms with Crippen molar-refractivity contribution in [2.24, 2.45) is 4.99 Å². The van der Waals surface area contributed by atoms with Crippen molar-refractivity contribution in [3.63, 3.8) is 0 Å². The van der Waals surface area contributed by atoms with Gasteiger partial charge in [-0.25, -0.2) is 4.39 Å². The maximum Gasteiger partial charge on any atom is 0.228 e. The number of nitrogens with zero attached hydrogens (tertiary/aromatic N) is 3. The van der Waals surface area contributed by atoms with Gasteiger partial charge in [0.25, 0.3) is 0 Å². The number of benzene rings is 2. The smallest absolute Gasteiger partial charge is 0.228 e. The molecule has 1 aromatic heterocycles. The first-order chi connectivity index (χ1) is 12.5. The third-order valence-electron chi connectivity index (χ3n) is 5.76. The number of anilines is 1. The lowest BCUT2D eigenvalue weighted by Gasteiger charge is -2.44. The molecule has 0 aliphatic carbocycles. The van der Waals surface area contributed by atoms with E-state index >= 15 is 0 Å². The molecule has 0 saturated heterocycles. The Morgan fingerprint density at radius 1 is 1.12 bits per heavy atom. The predicted octanol–water partition coefficient (Wildman–Crippen LogP) is 4.59. The summed E-state index contributed by atoms with van der Waals surface area (Å²) in [5, 5.41) is 2.00. The van der Waals surface area contributed by atoms with Gasteiger partial charge in [-0.1, -0.05) is 6.07 Å². The van der Waals surface area contributed by atoms with Gasteiger partial charge in [-0.2, -0.15) is 0 Å². The third-order valence-corrected chi connectivity index (χ3v) is 5.76. The molecule has 4 nitrogen and oxygen atoms in total. The fourth-order valence-corrected chi connectivity index (χ4v) is 4.33. The van der Waals surface area contributed by atoms with Crippen LogP contribution in [0.1, 0.15) is 19.4 Å². The summed E-state index contributed by atoms with van der Waals surface area (Å²) in [4.78, 5) is 10.9. The summed E-state index contributed by atoms with van der Waals surface area (Å²) in [5.41, 5.74) is 0.774. The third kappa shape index (κ3) is 1.68. The van der Waals surface area contributed by atoms with Gasteiger partial charge in [-0.3, -0.25) is 9.98 Å². The maximum atomic E-state index is 14.7. The molecule has 1 unspecified atom stereocenters. The zero-order chi connectivity index (χ0) is 18.1. The molecular formula is C21H18FN3O. The van der Waals surface area contributed by atoms with Gasteiger partial charge in [-0.15, -0.1) is 0 Å². The summed E-state index contributed by atoms with van der Waals surface area (Å²) < 4.78 is 21.2. The molecule has 2 aliphatic heterocycles. The topological polar surface area (TPSA) is 37.7 Å². The van der Waals surface area contributed by atoms with Crippen molar-refractivity contribution in [1.29, 1.82) is 0 Å². The Morgan fingerprint density at radius 3 is 2.77 bits per heavy atom. The molecule has 3 aromatic rings. The van der Waals surface area contributed by atoms with Gasteiger partial charge in [-0.05, 0) is 44.2 Å². The Hall–Kier alpha value is -2.95. The van der Waals surface area contributed by atoms with Crippen molar-refractivity contribution in [1.82, 2.24) is 4.98 Å². The lowest BCUT2D eigenvalue weighted by molar-refractivity contribution is 0.0813. The van der Waals surface area contributed by atoms with Crippen molar-refractivity contribution >= 4 is 28.4 Å². The van der Waals surface area contributed by atoms with Gasteiger partial charge in [0.05, 0.1) is 11.6 Å². The van der Waals surface area contributed by atoms with Crippen LogP contribution in [0.25, 0.3) is 10.8 Å². The number of hydrogen-bond donors (Lipinski definition) is 0. The van der Waals surface area contributed by atoms with Crippen LogP contribution in [0.3, 0.4) is 0 Å². The highest BCUT2D eigenvalue weighted by molar-refractivity contribution is 5.99. The Kier molecular flexibility index (Phi) is 2.84. The van der Waals surface area contributed by atoms with E-state index in [0.717, 1.165) is 22.1 Å². The number of aliphatic imine (C=N–C) groups is 1. The Labute approximate surface area is 151 Å². The average Bonchev–Trinajstić information content (AvgIpc) is 2.81. The van der Waals surface area contributed by atoms with Crippen LogP contribution in [-0.2, 0) is 5.41 Å². The summed E-state index contributed by atoms with van der Waals surface area (Å²) in [5.74, 6) is 0.475. The van der Waals surface area contributed by atoms with Crippen LogP contribution in [-0.4, -0.2) is 24.0 Å². The van der Waals surface area contributed by atoms with Gasteiger partial charge in [0.2, 0.25) is 5.72 Å². The van der Waals surface area contributed by atoms with Crippen molar-refractivity contribution < 1.29 is 9.13 Å². The van der Waals surface area contributed by atoms with E-state index in [4.69, 9.17) is 9.73 Å². The van der Waals surface area contributed by atoms with Gasteiger partial charge in [0.1, 0.15) is 17.3 Å². The maximum absolute atomic E-state index is 14.7. The predicted molar refractivity (Wildman–Crippen MR) is 101 cm³/mol. The van der Waals surface area contributed by atoms with E-state index in [1.54, 1.807) is 12.3 Å². The number of ether oxygens (including phenoxy) is 1. The summed E-state index contributed by atoms with van der Waals surface area (Å²) in [6.07, 6.45) is 5.38. The minimum atomic E-state index is -0.884. The normalized spacial score (nSPS) is 22.4. The van der Waals surface area contributed by atoms with E-state index in [9.17, 15) is 4.39 Å². The highest BCUT2D eigenvalue weighted by atomic mass is 19.1. The largest absolute Gasteiger partial charge is 0.459 e. The molecule has 2 aliphatic rings. The first-order valence-electron chi connectivity index (χ1n) is 8.59. The molecule has 0 saturated carbocycles. The number of pyridine rings is 1. The van der Waals surface area contributed by atoms with E-state index in [-0.39, 0.29) is 5.82 Å². The van der Waals surface area contributed by atoms with E-state index in [0.29, 0.717) is 11.3 Å². The molecule has 0 radical (unpaired) electrons. The van der Waals surface area contributed by atoms with E-state index in [2.05, 4.69) is 4.98 Å². The molecule has 130 valence electrons. The molecule has 0 bridgehead atoms. The molecule has 26 heavy (non-hydrogen) atoms. The van der Waals surface area contributed by atoms with Gasteiger partial charge < -0.3 is 9.64 Å². The zero-order valence-electron chi connectivity index (χ0n) is 14.8. The van der Waals surface area contributed by atoms with Crippen LogP contribution in [0, 0.1) is 5.82 Å². The van der Waals surface area contributed by atoms with E-state index in [1.807, 2.05) is 62.5 Å². The Balaban J connectivity index is 1.73. The Morgan fingerprint density at radius 2 is 1.96 bits per heavy atom. The van der Waals surface area contributed by atoms with Crippen LogP contribution in [0.4, 0.5) is 15.8 Å². The second-order valence-corrected chi connectivity index (χ2v) is 7.38. The van der Waals surface area contributed by atoms with Crippen molar-refractivity contribution in [3.05, 3.63) is 60.2 Å². The molecule has 0 N–H and O–H groups in total. The minimum Gasteiger partial charge on any atom is -0.459 e. The van der Waals surface area contributed by atoms with Crippen molar-refractivity contribution in [2.75, 3.05) is 11.9 Å². The summed E-state index contributed by atoms with van der Waals surface area (Å²) in [7, 11) is 1.93. The summed E-state index contributed by atoms with van der Waals surface area (Å²) in [6, 6.07) is 11.0. The first kappa shape index (κ1) is 15.3. The van der Waals surface area contributed by atoms with Crippen LogP contribution in [0.15, 0.2) is 53.8 Å². The second-order valence-electron chi connectivity index (χ2n) is 7.38. The molecule has 0 fully saturated rings. The lowest BCUT2D eigenvalue weighted by atomic mass is 9.77. The van der Waals surface area contributed by atoms with Gasteiger partial charge in [0.15, 0.2) is 0 Å². The second kappa shape index (κ2) is 4.81. The van der Waals surface area contributed by atoms with Crippen LogP contribution < -0.4 is 9.64 Å². The molecule has 5 heteroatoms. The molecular weight excluding hydrogens is 329 g/mol. The van der Waals surface area contributed by atoms with E-state index < -0.39 is 11.1 Å². The monoisotopic (exact) mass is 347 g/mol. The number of fused-ring (bicyclic) bond motifs is 4. The average molecular weight is 347 g/mol. The molecule has 3 heterocycles. The molecule has 0 amide bonds. The fourth-order valence-electron chi connectivity index (χ4n) is 4.33. The number of halogens is 1. The fraction of sp³-hybridized carbons (Fsp3) is 0.238. The quantitative estimate of drug-likeness (QED) is 0.597. The van der Waals surface area contributed by atoms with Crippen molar-refractivity contribution in [3.8, 4) is 5.75 Å². The van der Waals surface area contributed by atoms with Crippen LogP contribution >= 0.6 is 0 Å². The molecule has 1 spiro atoms. The SMILES string of the molecule is CN1c2cccc(F)c2C(C)(C)C12C=Nc1c(ccc3cnccc13)O2. The number of rotatable bonds is 0. The highest BCUT2D eigenvalue weighted by Crippen LogP contribution is 2.54. The lowest BCUT2D eigenvalue weighted by Crippen LogP contribution is -2.61. The van der Waals surface area contributed by atoms with E-state index in [1.165, 1.54) is 6.07 Å². The van der Waals surface area contributed by atoms with Crippen LogP contribution in [0.5, 0.6) is 5.75 Å². The number of hydrogen-bond acceptors (Lipinski definition) is 4. The molecule has 2 aromatic carbocycles. The first-order valence-corrected chi connectivity index (χ1v) is 8.59. The molecule has 1 atom stereocenters. The standard InChI is InChI=1S/C21H18FN3O/c1-20(2)18-15(22)5-4-6-16(18)25(3)21(20)12-24-19-14-9-10-23-11-13(14)7-8-17(19)26-21/h4-12H,1-3H3. The molecule has 5 rings (SSSR count). The van der Waals surface area contributed by atoms with Crippen molar-refractivity contribution in [2.45, 2.75) is 25.0 Å². The van der Waals surface area contributed by atoms with Gasteiger partial charge in [0, 0.05) is 41.5 Å². The summed E-state index contributed by atoms with van der Waals surface area (Å²) in [6.45, 7) is 4.00. The van der Waals surface area contributed by atoms with Gasteiger partial charge >= 0.3 is 0 Å². The highest BCUT2D eigenvalue weighted by Gasteiger charge is 2.59. The zero-order valence-corrected chi connectivity index (χ0v) is 14.8.